The van der Waals surface area contributed by atoms with Crippen molar-refractivity contribution in [1.29, 1.82) is 0 Å². The van der Waals surface area contributed by atoms with Crippen molar-refractivity contribution in [2.24, 2.45) is 7.05 Å². The van der Waals surface area contributed by atoms with Crippen molar-refractivity contribution in [3.8, 4) is 22.6 Å². The maximum atomic E-state index is 14.0. The highest BCUT2D eigenvalue weighted by Gasteiger charge is 2.23. The number of ether oxygens (including phenoxy) is 1. The number of phenols is 1. The number of methoxy groups -OCH3 is 1. The van der Waals surface area contributed by atoms with Crippen molar-refractivity contribution in [3.63, 3.8) is 0 Å². The molecule has 0 aliphatic heterocycles. The van der Waals surface area contributed by atoms with E-state index in [1.807, 2.05) is 0 Å². The Bertz CT molecular complexity index is 611. The summed E-state index contributed by atoms with van der Waals surface area (Å²) in [5, 5.41) is 13.2. The minimum absolute atomic E-state index is 0.0571. The average Bonchev–Trinajstić information content (AvgIpc) is 2.66. The number of aromatic hydroxyl groups is 1. The summed E-state index contributed by atoms with van der Waals surface area (Å²) < 4.78 is 33.8. The van der Waals surface area contributed by atoms with Crippen molar-refractivity contribution in [3.05, 3.63) is 23.9 Å². The van der Waals surface area contributed by atoms with Crippen LogP contribution >= 0.6 is 0 Å². The van der Waals surface area contributed by atoms with Crippen LogP contribution in [0.1, 0.15) is 0 Å². The Labute approximate surface area is 101 Å². The van der Waals surface area contributed by atoms with E-state index in [-0.39, 0.29) is 17.1 Å². The third-order valence-electron chi connectivity index (χ3n) is 2.62. The molecule has 0 aliphatic carbocycles. The van der Waals surface area contributed by atoms with E-state index < -0.39 is 22.9 Å². The maximum Gasteiger partial charge on any atom is 0.176 e. The van der Waals surface area contributed by atoms with Crippen LogP contribution in [0.15, 0.2) is 12.3 Å². The monoisotopic (exact) mass is 255 g/mol. The molecule has 2 rings (SSSR count). The van der Waals surface area contributed by atoms with Crippen LogP contribution in [-0.2, 0) is 7.05 Å². The lowest BCUT2D eigenvalue weighted by molar-refractivity contribution is 0.372. The highest BCUT2D eigenvalue weighted by molar-refractivity contribution is 5.76. The van der Waals surface area contributed by atoms with E-state index in [1.54, 1.807) is 0 Å². The van der Waals surface area contributed by atoms with Crippen LogP contribution in [0.25, 0.3) is 11.1 Å². The van der Waals surface area contributed by atoms with Crippen molar-refractivity contribution < 1.29 is 18.6 Å². The molecular weight excluding hydrogens is 244 g/mol. The second-order valence-corrected chi connectivity index (χ2v) is 3.67. The molecule has 0 radical (unpaired) electrons. The molecule has 0 saturated carbocycles. The zero-order valence-corrected chi connectivity index (χ0v) is 9.74. The molecule has 0 spiro atoms. The van der Waals surface area contributed by atoms with E-state index in [0.717, 1.165) is 6.07 Å². The summed E-state index contributed by atoms with van der Waals surface area (Å²) in [6.07, 6.45) is 1.22. The molecule has 0 atom stereocenters. The van der Waals surface area contributed by atoms with Gasteiger partial charge in [0.2, 0.25) is 0 Å². The number of benzene rings is 1. The van der Waals surface area contributed by atoms with Gasteiger partial charge in [0.15, 0.2) is 23.1 Å². The topological polar surface area (TPSA) is 73.3 Å². The Morgan fingerprint density at radius 3 is 2.56 bits per heavy atom. The number of hydrogen-bond acceptors (Lipinski definition) is 4. The first kappa shape index (κ1) is 12.2. The van der Waals surface area contributed by atoms with Crippen LogP contribution in [0.5, 0.6) is 11.5 Å². The number of nitrogens with zero attached hydrogens (tertiary/aromatic N) is 2. The molecule has 0 amide bonds. The van der Waals surface area contributed by atoms with E-state index in [2.05, 4.69) is 5.10 Å². The van der Waals surface area contributed by atoms with Gasteiger partial charge in [0.1, 0.15) is 5.82 Å². The number of aryl methyl sites for hydroxylation is 1. The van der Waals surface area contributed by atoms with Crippen LogP contribution in [0.3, 0.4) is 0 Å². The smallest absolute Gasteiger partial charge is 0.176 e. The zero-order chi connectivity index (χ0) is 13.4. The number of hydrogen-bond donors (Lipinski definition) is 2. The van der Waals surface area contributed by atoms with Crippen LogP contribution in [0, 0.1) is 11.6 Å². The van der Waals surface area contributed by atoms with Crippen LogP contribution in [0.4, 0.5) is 14.6 Å². The molecule has 2 aromatic rings. The molecule has 1 aromatic heterocycles. The number of nitrogen functional groups attached to an aromatic ring is 1. The fraction of sp³-hybridized carbons (Fsp3) is 0.182. The molecule has 18 heavy (non-hydrogen) atoms. The first-order chi connectivity index (χ1) is 8.47. The number of nitrogens with two attached hydrogens (primary N) is 1. The van der Waals surface area contributed by atoms with Crippen molar-refractivity contribution in [2.75, 3.05) is 12.8 Å². The number of aromatic nitrogens is 2. The molecule has 3 N–H and O–H groups in total. The SMILES string of the molecule is COc1cc(O)c(F)c(-c2cnn(C)c2N)c1F. The summed E-state index contributed by atoms with van der Waals surface area (Å²) in [6, 6.07) is 0.862. The van der Waals surface area contributed by atoms with E-state index >= 15 is 0 Å². The van der Waals surface area contributed by atoms with Gasteiger partial charge in [-0.2, -0.15) is 5.10 Å². The first-order valence-electron chi connectivity index (χ1n) is 5.00. The lowest BCUT2D eigenvalue weighted by atomic mass is 10.1. The number of phenolic OH excluding ortho intramolecular Hbond substituents is 1. The molecule has 7 heteroatoms. The summed E-state index contributed by atoms with van der Waals surface area (Å²) >= 11 is 0. The molecule has 1 aromatic carbocycles. The minimum atomic E-state index is -1.10. The zero-order valence-electron chi connectivity index (χ0n) is 9.74. The quantitative estimate of drug-likeness (QED) is 0.856. The van der Waals surface area contributed by atoms with Gasteiger partial charge in [0.05, 0.1) is 18.9 Å². The third-order valence-corrected chi connectivity index (χ3v) is 2.62. The largest absolute Gasteiger partial charge is 0.505 e. The second kappa shape index (κ2) is 4.17. The molecule has 5 nitrogen and oxygen atoms in total. The number of anilines is 1. The Morgan fingerprint density at radius 2 is 2.06 bits per heavy atom. The summed E-state index contributed by atoms with van der Waals surface area (Å²) in [5.74, 6) is -2.94. The van der Waals surface area contributed by atoms with Gasteiger partial charge in [-0.15, -0.1) is 0 Å². The van der Waals surface area contributed by atoms with Crippen LogP contribution < -0.4 is 10.5 Å². The Morgan fingerprint density at radius 1 is 1.39 bits per heavy atom. The van der Waals surface area contributed by atoms with E-state index in [4.69, 9.17) is 10.5 Å². The standard InChI is InChI=1S/C11H11F2N3O2/c1-16-11(14)5(4-15-16)8-9(12)6(17)3-7(18-2)10(8)13/h3-4,17H,14H2,1-2H3. The molecule has 0 unspecified atom stereocenters. The fourth-order valence-electron chi connectivity index (χ4n) is 1.62. The van der Waals surface area contributed by atoms with Gasteiger partial charge >= 0.3 is 0 Å². The highest BCUT2D eigenvalue weighted by atomic mass is 19.1. The Kier molecular flexibility index (Phi) is 2.82. The lowest BCUT2D eigenvalue weighted by Gasteiger charge is -2.10. The molecule has 0 saturated heterocycles. The summed E-state index contributed by atoms with van der Waals surface area (Å²) in [5.41, 5.74) is 5.26. The van der Waals surface area contributed by atoms with Gasteiger partial charge in [0.25, 0.3) is 0 Å². The first-order valence-corrected chi connectivity index (χ1v) is 5.00. The van der Waals surface area contributed by atoms with Crippen LogP contribution in [0.2, 0.25) is 0 Å². The van der Waals surface area contributed by atoms with Gasteiger partial charge in [-0.1, -0.05) is 0 Å². The molecule has 0 fully saturated rings. The van der Waals surface area contributed by atoms with Gasteiger partial charge in [-0.25, -0.2) is 8.78 Å². The number of rotatable bonds is 2. The molecule has 1 heterocycles. The average molecular weight is 255 g/mol. The Hall–Kier alpha value is -2.31. The second-order valence-electron chi connectivity index (χ2n) is 3.67. The van der Waals surface area contributed by atoms with Gasteiger partial charge in [-0.05, 0) is 0 Å². The fourth-order valence-corrected chi connectivity index (χ4v) is 1.62. The molecule has 0 bridgehead atoms. The van der Waals surface area contributed by atoms with Crippen molar-refractivity contribution in [2.45, 2.75) is 0 Å². The van der Waals surface area contributed by atoms with Gasteiger partial charge in [0, 0.05) is 18.7 Å². The van der Waals surface area contributed by atoms with Crippen LogP contribution in [-0.4, -0.2) is 22.0 Å². The molecule has 96 valence electrons. The third kappa shape index (κ3) is 1.64. The summed E-state index contributed by atoms with van der Waals surface area (Å²) in [7, 11) is 2.75. The lowest BCUT2D eigenvalue weighted by Crippen LogP contribution is -2.01. The molecule has 0 aliphatic rings. The van der Waals surface area contributed by atoms with E-state index in [1.165, 1.54) is 25.0 Å². The normalized spacial score (nSPS) is 10.7. The Balaban J connectivity index is 2.78. The van der Waals surface area contributed by atoms with E-state index in [0.29, 0.717) is 0 Å². The van der Waals surface area contributed by atoms with Gasteiger partial charge in [-0.3, -0.25) is 4.68 Å². The number of halogens is 2. The maximum absolute atomic E-state index is 14.0. The summed E-state index contributed by atoms with van der Waals surface area (Å²) in [6.45, 7) is 0. The molecular formula is C11H11F2N3O2. The van der Waals surface area contributed by atoms with Crippen molar-refractivity contribution >= 4 is 5.82 Å². The van der Waals surface area contributed by atoms with Gasteiger partial charge < -0.3 is 15.6 Å². The van der Waals surface area contributed by atoms with E-state index in [9.17, 15) is 13.9 Å². The highest BCUT2D eigenvalue weighted by Crippen LogP contribution is 2.38. The van der Waals surface area contributed by atoms with Crippen molar-refractivity contribution in [1.82, 2.24) is 9.78 Å². The minimum Gasteiger partial charge on any atom is -0.505 e. The summed E-state index contributed by atoms with van der Waals surface area (Å²) in [4.78, 5) is 0. The predicted molar refractivity (Wildman–Crippen MR) is 61.2 cm³/mol. The predicted octanol–water partition coefficient (Wildman–Crippen LogP) is 1.66.